The number of hydrogen-bond acceptors (Lipinski definition) is 7. The Morgan fingerprint density at radius 1 is 0.559 bits per heavy atom. The van der Waals surface area contributed by atoms with Gasteiger partial charge in [0, 0.05) is 51.7 Å². The van der Waals surface area contributed by atoms with E-state index in [0.29, 0.717) is 39.6 Å². The molecule has 0 aliphatic heterocycles. The van der Waals surface area contributed by atoms with E-state index in [1.807, 2.05) is 41.5 Å². The predicted octanol–water partition coefficient (Wildman–Crippen LogP) is 5.05. The molecule has 0 aromatic heterocycles. The predicted molar refractivity (Wildman–Crippen MR) is 148 cm³/mol. The highest BCUT2D eigenvalue weighted by Crippen LogP contribution is 2.20. The lowest BCUT2D eigenvalue weighted by molar-refractivity contribution is 0.0695. The molecule has 0 atom stereocenters. The number of rotatable bonds is 21. The molecule has 0 unspecified atom stereocenters. The zero-order chi connectivity index (χ0) is 25.9. The van der Waals surface area contributed by atoms with Crippen LogP contribution in [0.25, 0.3) is 0 Å². The molecule has 10 heteroatoms. The van der Waals surface area contributed by atoms with Gasteiger partial charge in [0.15, 0.2) is 0 Å². The van der Waals surface area contributed by atoms with Crippen molar-refractivity contribution in [1.29, 1.82) is 0 Å². The first kappa shape index (κ1) is 33.9. The summed E-state index contributed by atoms with van der Waals surface area (Å²) in [7, 11) is -6.66. The molecule has 0 radical (unpaired) electrons. The number of hydrogen-bond donors (Lipinski definition) is 0. The fourth-order valence-corrected chi connectivity index (χ4v) is 9.52. The molecule has 7 nitrogen and oxygen atoms in total. The summed E-state index contributed by atoms with van der Waals surface area (Å²) in [5, 5.41) is 0. The van der Waals surface area contributed by atoms with E-state index in [0.717, 1.165) is 44.6 Å². The second-order valence-electron chi connectivity index (χ2n) is 9.00. The van der Waals surface area contributed by atoms with Crippen molar-refractivity contribution in [2.24, 2.45) is 0 Å². The summed E-state index contributed by atoms with van der Waals surface area (Å²) in [6.07, 6.45) is 1.90. The third-order valence-electron chi connectivity index (χ3n) is 4.87. The molecule has 0 aliphatic carbocycles. The van der Waals surface area contributed by atoms with E-state index in [1.54, 1.807) is 0 Å². The van der Waals surface area contributed by atoms with Crippen molar-refractivity contribution in [3.05, 3.63) is 0 Å². The van der Waals surface area contributed by atoms with Gasteiger partial charge in [0.1, 0.15) is 8.07 Å². The maximum atomic E-state index is 6.03. The Balaban J connectivity index is 5.23. The van der Waals surface area contributed by atoms with Crippen molar-refractivity contribution in [1.82, 2.24) is 4.90 Å². The smallest absolute Gasteiger partial charge is 0.374 e. The summed E-state index contributed by atoms with van der Waals surface area (Å²) in [5.41, 5.74) is 3.50. The highest BCUT2D eigenvalue weighted by atomic mass is 28.4. The monoisotopic (exact) mass is 535 g/mol. The molecule has 0 aromatic rings. The van der Waals surface area contributed by atoms with Crippen LogP contribution in [0.15, 0.2) is 0 Å². The van der Waals surface area contributed by atoms with Crippen LogP contribution < -0.4 is 0 Å². The van der Waals surface area contributed by atoms with Gasteiger partial charge >= 0.3 is 17.6 Å². The first-order valence-electron chi connectivity index (χ1n) is 13.2. The Labute approximate surface area is 213 Å². The second-order valence-corrected chi connectivity index (χ2v) is 19.2. The van der Waals surface area contributed by atoms with Gasteiger partial charge in [-0.15, -0.1) is 5.54 Å². The zero-order valence-corrected chi connectivity index (χ0v) is 26.6. The fraction of sp³-hybridized carbons (Fsp3) is 0.917. The maximum absolute atomic E-state index is 6.03. The Morgan fingerprint density at radius 3 is 1.15 bits per heavy atom. The van der Waals surface area contributed by atoms with Gasteiger partial charge in [0.05, 0.1) is 6.54 Å². The van der Waals surface area contributed by atoms with Gasteiger partial charge in [-0.1, -0.05) is 25.6 Å². The van der Waals surface area contributed by atoms with E-state index in [1.165, 1.54) is 0 Å². The first-order valence-corrected chi connectivity index (χ1v) is 20.6. The lowest BCUT2D eigenvalue weighted by atomic mass is 10.3. The normalized spacial score (nSPS) is 12.8. The molecule has 0 spiro atoms. The van der Waals surface area contributed by atoms with Gasteiger partial charge in [-0.2, -0.15) is 0 Å². The highest BCUT2D eigenvalue weighted by Gasteiger charge is 2.41. The standard InChI is InChI=1S/C24H53NO6Si3/c1-10-26-33(27-11-2,28-12-3)23-17-20-25(19-16-22-32(7,8)9)21-18-24-34(29-13-4,30-14-5)31-15-6/h10-15,17-21,23-24H2,1-9H3. The molecular weight excluding hydrogens is 483 g/mol. The van der Waals surface area contributed by atoms with Crippen LogP contribution in [0.2, 0.25) is 31.7 Å². The molecule has 0 N–H and O–H groups in total. The first-order chi connectivity index (χ1) is 16.1. The minimum Gasteiger partial charge on any atom is -0.374 e. The molecule has 0 fully saturated rings. The van der Waals surface area contributed by atoms with E-state index >= 15 is 0 Å². The van der Waals surface area contributed by atoms with E-state index < -0.39 is 25.7 Å². The molecule has 0 heterocycles. The summed E-state index contributed by atoms with van der Waals surface area (Å²) in [4.78, 5) is 2.43. The van der Waals surface area contributed by atoms with Gasteiger partial charge in [-0.25, -0.2) is 0 Å². The Morgan fingerprint density at radius 2 is 0.882 bits per heavy atom. The Hall–Kier alpha value is -0.0694. The zero-order valence-electron chi connectivity index (χ0n) is 23.6. The molecule has 0 saturated carbocycles. The molecule has 0 aliphatic rings. The topological polar surface area (TPSA) is 58.6 Å². The summed E-state index contributed by atoms with van der Waals surface area (Å²) >= 11 is 0. The minimum absolute atomic E-state index is 0.608. The van der Waals surface area contributed by atoms with Crippen LogP contribution in [0, 0.1) is 11.5 Å². The average Bonchev–Trinajstić information content (AvgIpc) is 2.74. The SMILES string of the molecule is CCO[Si](CCCN(CC#C[Si](C)(C)C)CCC[Si](OCC)(OCC)OCC)(OCC)OCC. The van der Waals surface area contributed by atoms with Gasteiger partial charge in [-0.05, 0) is 67.5 Å². The van der Waals surface area contributed by atoms with Gasteiger partial charge in [0.2, 0.25) is 0 Å². The molecule has 0 bridgehead atoms. The quantitative estimate of drug-likeness (QED) is 0.151. The highest BCUT2D eigenvalue weighted by molar-refractivity contribution is 6.83. The van der Waals surface area contributed by atoms with Crippen LogP contribution in [0.3, 0.4) is 0 Å². The lowest BCUT2D eigenvalue weighted by Crippen LogP contribution is -2.47. The van der Waals surface area contributed by atoms with Crippen molar-refractivity contribution in [3.63, 3.8) is 0 Å². The summed E-state index contributed by atoms with van der Waals surface area (Å²) < 4.78 is 36.2. The average molecular weight is 536 g/mol. The number of nitrogens with zero attached hydrogens (tertiary/aromatic N) is 1. The molecule has 0 amide bonds. The third-order valence-corrected chi connectivity index (χ3v) is 12.1. The van der Waals surface area contributed by atoms with Crippen LogP contribution in [0.5, 0.6) is 0 Å². The Bertz CT molecular complexity index is 499. The maximum Gasteiger partial charge on any atom is 0.500 e. The summed E-state index contributed by atoms with van der Waals surface area (Å²) in [6, 6.07) is 1.63. The molecule has 0 aromatic carbocycles. The Kier molecular flexibility index (Phi) is 19.1. The van der Waals surface area contributed by atoms with E-state index in [9.17, 15) is 0 Å². The van der Waals surface area contributed by atoms with E-state index in [-0.39, 0.29) is 0 Å². The van der Waals surface area contributed by atoms with Gasteiger partial charge in [0.25, 0.3) is 0 Å². The minimum atomic E-state index is -2.63. The third kappa shape index (κ3) is 15.1. The van der Waals surface area contributed by atoms with E-state index in [2.05, 4.69) is 36.0 Å². The van der Waals surface area contributed by atoms with Crippen molar-refractivity contribution in [3.8, 4) is 11.5 Å². The molecular formula is C24H53NO6Si3. The molecule has 202 valence electrons. The molecule has 0 rings (SSSR count). The molecule has 34 heavy (non-hydrogen) atoms. The van der Waals surface area contributed by atoms with Crippen molar-refractivity contribution in [2.45, 2.75) is 86.1 Å². The van der Waals surface area contributed by atoms with Crippen molar-refractivity contribution < 1.29 is 26.6 Å². The second kappa shape index (κ2) is 19.1. The summed E-state index contributed by atoms with van der Waals surface area (Å²) in [6.45, 7) is 25.1. The van der Waals surface area contributed by atoms with E-state index in [4.69, 9.17) is 26.6 Å². The van der Waals surface area contributed by atoms with Crippen molar-refractivity contribution in [2.75, 3.05) is 59.3 Å². The van der Waals surface area contributed by atoms with Crippen LogP contribution in [0.1, 0.15) is 54.4 Å². The van der Waals surface area contributed by atoms with Gasteiger partial charge in [-0.3, -0.25) is 4.90 Å². The van der Waals surface area contributed by atoms with Crippen LogP contribution >= 0.6 is 0 Å². The van der Waals surface area contributed by atoms with Crippen molar-refractivity contribution >= 4 is 25.7 Å². The largest absolute Gasteiger partial charge is 0.500 e. The van der Waals surface area contributed by atoms with Crippen LogP contribution in [0.4, 0.5) is 0 Å². The van der Waals surface area contributed by atoms with Crippen LogP contribution in [-0.2, 0) is 26.6 Å². The summed E-state index contributed by atoms with van der Waals surface area (Å²) in [5.74, 6) is 3.44. The van der Waals surface area contributed by atoms with Gasteiger partial charge < -0.3 is 26.6 Å². The lowest BCUT2D eigenvalue weighted by Gasteiger charge is -2.30. The van der Waals surface area contributed by atoms with Crippen LogP contribution in [-0.4, -0.2) is 89.9 Å². The fourth-order valence-electron chi connectivity index (χ4n) is 3.73. The molecule has 0 saturated heterocycles.